The molecule has 25 heavy (non-hydrogen) atoms. The van der Waals surface area contributed by atoms with E-state index in [1.807, 2.05) is 24.3 Å². The fourth-order valence-electron chi connectivity index (χ4n) is 3.84. The lowest BCUT2D eigenvalue weighted by atomic mass is 9.87. The summed E-state index contributed by atoms with van der Waals surface area (Å²) in [5, 5.41) is 6.72. The first kappa shape index (κ1) is 16.8. The first-order valence-electron chi connectivity index (χ1n) is 8.88. The van der Waals surface area contributed by atoms with Crippen molar-refractivity contribution in [3.8, 4) is 11.5 Å². The summed E-state index contributed by atoms with van der Waals surface area (Å²) in [4.78, 5) is 7.30. The van der Waals surface area contributed by atoms with Crippen LogP contribution in [0.5, 0.6) is 11.5 Å². The zero-order chi connectivity index (χ0) is 17.1. The van der Waals surface area contributed by atoms with Crippen LogP contribution in [0.3, 0.4) is 0 Å². The number of hydrogen-bond donors (Lipinski definition) is 1. The van der Waals surface area contributed by atoms with Gasteiger partial charge in [-0.2, -0.15) is 0 Å². The number of methoxy groups -OCH3 is 1. The summed E-state index contributed by atoms with van der Waals surface area (Å²) in [6, 6.07) is 7.66. The molecule has 1 N–H and O–H groups in total. The predicted octanol–water partition coefficient (Wildman–Crippen LogP) is 2.92. The molecular weight excluding hydrogens is 334 g/mol. The molecule has 1 unspecified atom stereocenters. The van der Waals surface area contributed by atoms with Crippen LogP contribution in [0.25, 0.3) is 0 Å². The van der Waals surface area contributed by atoms with Gasteiger partial charge in [-0.05, 0) is 55.6 Å². The van der Waals surface area contributed by atoms with Crippen molar-refractivity contribution >= 4 is 11.3 Å². The molecular formula is C19H25N3O2S. The SMILES string of the molecule is COc1ccc(OCc2nc(CN3CCC4(CCNC4)C3)cs2)cc1. The molecule has 0 bridgehead atoms. The van der Waals surface area contributed by atoms with Gasteiger partial charge in [-0.3, -0.25) is 4.90 Å². The van der Waals surface area contributed by atoms with E-state index in [9.17, 15) is 0 Å². The monoisotopic (exact) mass is 359 g/mol. The van der Waals surface area contributed by atoms with Crippen molar-refractivity contribution in [2.45, 2.75) is 26.0 Å². The Hall–Kier alpha value is -1.63. The van der Waals surface area contributed by atoms with Gasteiger partial charge in [0.15, 0.2) is 0 Å². The van der Waals surface area contributed by atoms with E-state index in [1.165, 1.54) is 44.7 Å². The molecule has 0 aliphatic carbocycles. The average Bonchev–Trinajstić information content (AvgIpc) is 3.37. The predicted molar refractivity (Wildman–Crippen MR) is 99.3 cm³/mol. The van der Waals surface area contributed by atoms with Crippen molar-refractivity contribution in [2.75, 3.05) is 33.3 Å². The van der Waals surface area contributed by atoms with Gasteiger partial charge in [0.05, 0.1) is 12.8 Å². The largest absolute Gasteiger partial charge is 0.497 e. The van der Waals surface area contributed by atoms with E-state index >= 15 is 0 Å². The van der Waals surface area contributed by atoms with Gasteiger partial charge in [-0.25, -0.2) is 4.98 Å². The van der Waals surface area contributed by atoms with Crippen molar-refractivity contribution in [3.63, 3.8) is 0 Å². The maximum absolute atomic E-state index is 5.82. The molecule has 2 aliphatic heterocycles. The fourth-order valence-corrected chi connectivity index (χ4v) is 4.54. The van der Waals surface area contributed by atoms with Crippen LogP contribution in [0.4, 0.5) is 0 Å². The van der Waals surface area contributed by atoms with E-state index in [0.29, 0.717) is 12.0 Å². The van der Waals surface area contributed by atoms with Crippen LogP contribution in [0, 0.1) is 5.41 Å². The minimum atomic E-state index is 0.519. The van der Waals surface area contributed by atoms with Crippen LogP contribution < -0.4 is 14.8 Å². The highest BCUT2D eigenvalue weighted by Crippen LogP contribution is 2.36. The summed E-state index contributed by atoms with van der Waals surface area (Å²) in [5.41, 5.74) is 1.69. The molecule has 1 atom stereocenters. The van der Waals surface area contributed by atoms with E-state index in [0.717, 1.165) is 23.1 Å². The number of rotatable bonds is 6. The maximum Gasteiger partial charge on any atom is 0.140 e. The van der Waals surface area contributed by atoms with Crippen LogP contribution in [-0.2, 0) is 13.2 Å². The Kier molecular flexibility index (Phi) is 4.92. The second-order valence-corrected chi connectivity index (χ2v) is 8.03. The molecule has 0 amide bonds. The second-order valence-electron chi connectivity index (χ2n) is 7.08. The molecule has 0 radical (unpaired) electrons. The standard InChI is InChI=1S/C19H25N3O2S/c1-23-16-2-4-17(5-3-16)24-11-18-21-15(12-25-18)10-22-9-7-19(14-22)6-8-20-13-19/h2-5,12,20H,6-11,13-14H2,1H3. The van der Waals surface area contributed by atoms with Crippen LogP contribution in [0.2, 0.25) is 0 Å². The van der Waals surface area contributed by atoms with Crippen LogP contribution in [0.15, 0.2) is 29.6 Å². The number of likely N-dealkylation sites (tertiary alicyclic amines) is 1. The first-order valence-corrected chi connectivity index (χ1v) is 9.76. The average molecular weight is 359 g/mol. The Bertz CT molecular complexity index is 695. The lowest BCUT2D eigenvalue weighted by Crippen LogP contribution is -2.29. The first-order chi connectivity index (χ1) is 12.2. The highest BCUT2D eigenvalue weighted by atomic mass is 32.1. The van der Waals surface area contributed by atoms with Crippen molar-refractivity contribution < 1.29 is 9.47 Å². The zero-order valence-electron chi connectivity index (χ0n) is 14.7. The smallest absolute Gasteiger partial charge is 0.140 e. The molecule has 5 nitrogen and oxygen atoms in total. The van der Waals surface area contributed by atoms with Crippen molar-refractivity contribution in [2.24, 2.45) is 5.41 Å². The van der Waals surface area contributed by atoms with Gasteiger partial charge in [0.1, 0.15) is 23.1 Å². The van der Waals surface area contributed by atoms with Gasteiger partial charge in [0, 0.05) is 25.0 Å². The lowest BCUT2D eigenvalue weighted by molar-refractivity contribution is 0.266. The third-order valence-electron chi connectivity index (χ3n) is 5.26. The summed E-state index contributed by atoms with van der Waals surface area (Å²) >= 11 is 1.68. The summed E-state index contributed by atoms with van der Waals surface area (Å²) in [7, 11) is 1.67. The van der Waals surface area contributed by atoms with E-state index in [4.69, 9.17) is 14.5 Å². The minimum absolute atomic E-state index is 0.519. The number of ether oxygens (including phenoxy) is 2. The Morgan fingerprint density at radius 3 is 2.84 bits per heavy atom. The van der Waals surface area contributed by atoms with Crippen LogP contribution in [-0.4, -0.2) is 43.2 Å². The molecule has 1 spiro atoms. The Morgan fingerprint density at radius 1 is 1.24 bits per heavy atom. The van der Waals surface area contributed by atoms with E-state index < -0.39 is 0 Å². The normalized spacial score (nSPS) is 23.4. The van der Waals surface area contributed by atoms with Gasteiger partial charge in [-0.15, -0.1) is 11.3 Å². The molecule has 0 saturated carbocycles. The Labute approximate surface area is 153 Å². The van der Waals surface area contributed by atoms with Crippen LogP contribution >= 0.6 is 11.3 Å². The van der Waals surface area contributed by atoms with Gasteiger partial charge in [0.25, 0.3) is 0 Å². The number of aromatic nitrogens is 1. The fraction of sp³-hybridized carbons (Fsp3) is 0.526. The molecule has 2 aromatic rings. The topological polar surface area (TPSA) is 46.6 Å². The maximum atomic E-state index is 5.82. The molecule has 3 heterocycles. The Balaban J connectivity index is 1.28. The van der Waals surface area contributed by atoms with Crippen LogP contribution in [0.1, 0.15) is 23.5 Å². The van der Waals surface area contributed by atoms with E-state index in [-0.39, 0.29) is 0 Å². The van der Waals surface area contributed by atoms with Crippen molar-refractivity contribution in [1.82, 2.24) is 15.2 Å². The third kappa shape index (κ3) is 3.97. The number of hydrogen-bond acceptors (Lipinski definition) is 6. The highest BCUT2D eigenvalue weighted by molar-refractivity contribution is 7.09. The summed E-state index contributed by atoms with van der Waals surface area (Å²) in [6.45, 7) is 6.23. The zero-order valence-corrected chi connectivity index (χ0v) is 15.5. The van der Waals surface area contributed by atoms with Gasteiger partial charge in [-0.1, -0.05) is 0 Å². The quantitative estimate of drug-likeness (QED) is 0.859. The van der Waals surface area contributed by atoms with Crippen molar-refractivity contribution in [3.05, 3.63) is 40.3 Å². The summed E-state index contributed by atoms with van der Waals surface area (Å²) < 4.78 is 11.0. The number of benzene rings is 1. The molecule has 4 rings (SSSR count). The Morgan fingerprint density at radius 2 is 2.08 bits per heavy atom. The molecule has 2 fully saturated rings. The third-order valence-corrected chi connectivity index (χ3v) is 6.13. The summed E-state index contributed by atoms with van der Waals surface area (Å²) in [6.07, 6.45) is 2.64. The van der Waals surface area contributed by atoms with Gasteiger partial charge in [0.2, 0.25) is 0 Å². The molecule has 134 valence electrons. The number of nitrogens with zero attached hydrogens (tertiary/aromatic N) is 2. The number of nitrogens with one attached hydrogen (secondary N) is 1. The number of thiazole rings is 1. The minimum Gasteiger partial charge on any atom is -0.497 e. The molecule has 1 aromatic heterocycles. The molecule has 6 heteroatoms. The van der Waals surface area contributed by atoms with Gasteiger partial charge >= 0.3 is 0 Å². The van der Waals surface area contributed by atoms with E-state index in [1.54, 1.807) is 18.4 Å². The lowest BCUT2D eigenvalue weighted by Gasteiger charge is -2.22. The molecule has 1 aromatic carbocycles. The second kappa shape index (κ2) is 7.32. The molecule has 2 saturated heterocycles. The van der Waals surface area contributed by atoms with Crippen molar-refractivity contribution in [1.29, 1.82) is 0 Å². The van der Waals surface area contributed by atoms with E-state index in [2.05, 4.69) is 15.6 Å². The molecule has 2 aliphatic rings. The van der Waals surface area contributed by atoms with Gasteiger partial charge < -0.3 is 14.8 Å². The summed E-state index contributed by atoms with van der Waals surface area (Å²) in [5.74, 6) is 1.68. The highest BCUT2D eigenvalue weighted by Gasteiger charge is 2.40.